The lowest BCUT2D eigenvalue weighted by atomic mass is 9.77. The second-order valence-electron chi connectivity index (χ2n) is 5.69. The van der Waals surface area contributed by atoms with Crippen LogP contribution in [0.1, 0.15) is 35.5 Å². The van der Waals surface area contributed by atoms with Gasteiger partial charge >= 0.3 is 0 Å². The summed E-state index contributed by atoms with van der Waals surface area (Å²) >= 11 is 1.46. The third-order valence-corrected chi connectivity index (χ3v) is 5.68. The Morgan fingerprint density at radius 2 is 2.19 bits per heavy atom. The van der Waals surface area contributed by atoms with Crippen molar-refractivity contribution in [2.24, 2.45) is 5.73 Å². The molecule has 0 amide bonds. The van der Waals surface area contributed by atoms with E-state index in [9.17, 15) is 8.42 Å². The number of aryl methyl sites for hydroxylation is 1. The lowest BCUT2D eigenvalue weighted by Gasteiger charge is -2.34. The fourth-order valence-corrected chi connectivity index (χ4v) is 4.28. The highest BCUT2D eigenvalue weighted by Crippen LogP contribution is 2.38. The Bertz CT molecular complexity index is 772. The average molecular weight is 327 g/mol. The van der Waals surface area contributed by atoms with Crippen molar-refractivity contribution in [1.29, 1.82) is 0 Å². The lowest BCUT2D eigenvalue weighted by Crippen LogP contribution is -2.44. The number of hydrogen-bond acceptors (Lipinski definition) is 7. The van der Waals surface area contributed by atoms with Gasteiger partial charge in [-0.3, -0.25) is 0 Å². The first-order chi connectivity index (χ1) is 9.77. The number of hydrogen-bond donors (Lipinski definition) is 1. The van der Waals surface area contributed by atoms with Crippen molar-refractivity contribution < 1.29 is 12.9 Å². The van der Waals surface area contributed by atoms with E-state index in [1.807, 2.05) is 13.0 Å². The highest BCUT2D eigenvalue weighted by molar-refractivity contribution is 7.89. The molecule has 0 atom stereocenters. The number of aromatic nitrogens is 2. The maximum atomic E-state index is 11.4. The van der Waals surface area contributed by atoms with Crippen molar-refractivity contribution in [3.63, 3.8) is 0 Å². The standard InChI is InChI=1S/C13H17N3O3S2/c1-8-9(7-21(2,17)18)6-10(20-8)11-15-12(16-19-11)13(14)4-3-5-13/h6H,3-5,7,14H2,1-2H3. The van der Waals surface area contributed by atoms with Crippen LogP contribution in [0.25, 0.3) is 10.8 Å². The molecule has 8 heteroatoms. The molecule has 114 valence electrons. The molecule has 2 N–H and O–H groups in total. The molecule has 2 aromatic heterocycles. The van der Waals surface area contributed by atoms with Crippen molar-refractivity contribution >= 4 is 21.2 Å². The molecule has 0 radical (unpaired) electrons. The van der Waals surface area contributed by atoms with Crippen LogP contribution in [0, 0.1) is 6.92 Å². The van der Waals surface area contributed by atoms with E-state index in [2.05, 4.69) is 10.1 Å². The highest BCUT2D eigenvalue weighted by atomic mass is 32.2. The van der Waals surface area contributed by atoms with Gasteiger partial charge in [-0.25, -0.2) is 8.42 Å². The van der Waals surface area contributed by atoms with Crippen LogP contribution in [-0.4, -0.2) is 24.8 Å². The van der Waals surface area contributed by atoms with E-state index >= 15 is 0 Å². The van der Waals surface area contributed by atoms with Gasteiger partial charge in [-0.05, 0) is 37.8 Å². The van der Waals surface area contributed by atoms with E-state index in [4.69, 9.17) is 10.3 Å². The Labute approximate surface area is 127 Å². The smallest absolute Gasteiger partial charge is 0.268 e. The summed E-state index contributed by atoms with van der Waals surface area (Å²) in [7, 11) is -3.06. The van der Waals surface area contributed by atoms with Crippen LogP contribution in [0.5, 0.6) is 0 Å². The zero-order valence-corrected chi connectivity index (χ0v) is 13.6. The fourth-order valence-electron chi connectivity index (χ4n) is 2.36. The van der Waals surface area contributed by atoms with E-state index in [0.29, 0.717) is 11.7 Å². The number of thiophene rings is 1. The van der Waals surface area contributed by atoms with Gasteiger partial charge in [0, 0.05) is 11.1 Å². The number of sulfone groups is 1. The Morgan fingerprint density at radius 3 is 2.76 bits per heavy atom. The summed E-state index contributed by atoms with van der Waals surface area (Å²) in [6.45, 7) is 1.89. The molecule has 1 aliphatic carbocycles. The molecular formula is C13H17N3O3S2. The number of nitrogens with two attached hydrogens (primary N) is 1. The topological polar surface area (TPSA) is 99.1 Å². The zero-order chi connectivity index (χ0) is 15.3. The first-order valence-corrected chi connectivity index (χ1v) is 9.55. The van der Waals surface area contributed by atoms with Crippen molar-refractivity contribution in [3.05, 3.63) is 22.3 Å². The summed E-state index contributed by atoms with van der Waals surface area (Å²) in [6, 6.07) is 1.81. The molecule has 2 heterocycles. The quantitative estimate of drug-likeness (QED) is 0.922. The normalized spacial score (nSPS) is 17.7. The molecule has 0 bridgehead atoms. The Kier molecular flexibility index (Phi) is 3.42. The number of nitrogens with zero attached hydrogens (tertiary/aromatic N) is 2. The zero-order valence-electron chi connectivity index (χ0n) is 11.9. The van der Waals surface area contributed by atoms with Crippen LogP contribution in [0.4, 0.5) is 0 Å². The van der Waals surface area contributed by atoms with E-state index in [1.54, 1.807) is 0 Å². The predicted molar refractivity (Wildman–Crippen MR) is 80.6 cm³/mol. The second kappa shape index (κ2) is 4.89. The molecule has 0 saturated heterocycles. The monoisotopic (exact) mass is 327 g/mol. The van der Waals surface area contributed by atoms with Gasteiger partial charge in [-0.2, -0.15) is 4.98 Å². The van der Waals surface area contributed by atoms with Crippen molar-refractivity contribution in [2.45, 2.75) is 37.5 Å². The van der Waals surface area contributed by atoms with Crippen molar-refractivity contribution in [2.75, 3.05) is 6.26 Å². The van der Waals surface area contributed by atoms with Crippen LogP contribution in [0.2, 0.25) is 0 Å². The minimum absolute atomic E-state index is 0.0250. The largest absolute Gasteiger partial charge is 0.333 e. The predicted octanol–water partition coefficient (Wildman–Crippen LogP) is 1.99. The highest BCUT2D eigenvalue weighted by Gasteiger charge is 2.39. The molecule has 1 aliphatic rings. The third kappa shape index (κ3) is 2.88. The van der Waals surface area contributed by atoms with Gasteiger partial charge < -0.3 is 10.3 Å². The molecule has 21 heavy (non-hydrogen) atoms. The lowest BCUT2D eigenvalue weighted by molar-refractivity contribution is 0.229. The minimum atomic E-state index is -3.06. The molecular weight excluding hydrogens is 310 g/mol. The summed E-state index contributed by atoms with van der Waals surface area (Å²) < 4.78 is 28.1. The Balaban J connectivity index is 1.89. The van der Waals surface area contributed by atoms with Crippen LogP contribution < -0.4 is 5.73 Å². The maximum Gasteiger partial charge on any atom is 0.268 e. The van der Waals surface area contributed by atoms with Gasteiger partial charge in [0.1, 0.15) is 0 Å². The molecule has 0 unspecified atom stereocenters. The molecule has 3 rings (SSSR count). The van der Waals surface area contributed by atoms with Gasteiger partial charge in [0.25, 0.3) is 5.89 Å². The van der Waals surface area contributed by atoms with Crippen LogP contribution in [-0.2, 0) is 21.1 Å². The summed E-state index contributed by atoms with van der Waals surface area (Å²) in [5.41, 5.74) is 6.50. The molecule has 6 nitrogen and oxygen atoms in total. The van der Waals surface area contributed by atoms with E-state index in [0.717, 1.165) is 34.6 Å². The van der Waals surface area contributed by atoms with Gasteiger partial charge in [0.05, 0.1) is 16.2 Å². The summed E-state index contributed by atoms with van der Waals surface area (Å²) in [5.74, 6) is 0.978. The van der Waals surface area contributed by atoms with Gasteiger partial charge in [0.15, 0.2) is 15.7 Å². The van der Waals surface area contributed by atoms with Crippen molar-refractivity contribution in [1.82, 2.24) is 10.1 Å². The molecule has 0 aromatic carbocycles. The first kappa shape index (κ1) is 14.7. The SMILES string of the molecule is Cc1sc(-c2nc(C3(N)CCC3)no2)cc1CS(C)(=O)=O. The Morgan fingerprint density at radius 1 is 1.48 bits per heavy atom. The average Bonchev–Trinajstić information content (AvgIpc) is 2.92. The van der Waals surface area contributed by atoms with Crippen molar-refractivity contribution in [3.8, 4) is 10.8 Å². The minimum Gasteiger partial charge on any atom is -0.333 e. The summed E-state index contributed by atoms with van der Waals surface area (Å²) in [4.78, 5) is 6.11. The first-order valence-electron chi connectivity index (χ1n) is 6.67. The molecule has 2 aromatic rings. The van der Waals surface area contributed by atoms with Crippen LogP contribution >= 0.6 is 11.3 Å². The van der Waals surface area contributed by atoms with Gasteiger partial charge in [0.2, 0.25) is 0 Å². The van der Waals surface area contributed by atoms with Gasteiger partial charge in [-0.1, -0.05) is 5.16 Å². The molecule has 1 fully saturated rings. The summed E-state index contributed by atoms with van der Waals surface area (Å²) in [6.07, 6.45) is 4.05. The summed E-state index contributed by atoms with van der Waals surface area (Å²) in [5, 5.41) is 3.98. The number of rotatable bonds is 4. The molecule has 1 saturated carbocycles. The van der Waals surface area contributed by atoms with Gasteiger partial charge in [-0.15, -0.1) is 11.3 Å². The second-order valence-corrected chi connectivity index (χ2v) is 9.09. The maximum absolute atomic E-state index is 11.4. The van der Waals surface area contributed by atoms with E-state index in [-0.39, 0.29) is 5.75 Å². The third-order valence-electron chi connectivity index (χ3n) is 3.77. The molecule has 0 aliphatic heterocycles. The van der Waals surface area contributed by atoms with E-state index < -0.39 is 15.4 Å². The molecule has 0 spiro atoms. The van der Waals surface area contributed by atoms with E-state index in [1.165, 1.54) is 17.6 Å². The van der Waals surface area contributed by atoms with Crippen LogP contribution in [0.3, 0.4) is 0 Å². The fraction of sp³-hybridized carbons (Fsp3) is 0.538. The Hall–Kier alpha value is -1.25. The van der Waals surface area contributed by atoms with Crippen LogP contribution in [0.15, 0.2) is 10.6 Å².